The fourth-order valence-corrected chi connectivity index (χ4v) is 3.50. The van der Waals surface area contributed by atoms with Crippen molar-refractivity contribution in [1.29, 1.82) is 0 Å². The van der Waals surface area contributed by atoms with Crippen LogP contribution in [0.2, 0.25) is 0 Å². The second kappa shape index (κ2) is 5.60. The maximum Gasteiger partial charge on any atom is 0.178 e. The van der Waals surface area contributed by atoms with Crippen molar-refractivity contribution in [1.82, 2.24) is 39.6 Å². The zero-order valence-corrected chi connectivity index (χ0v) is 15.7. The van der Waals surface area contributed by atoms with Crippen LogP contribution in [-0.4, -0.2) is 65.7 Å². The summed E-state index contributed by atoms with van der Waals surface area (Å²) in [7, 11) is 3.98. The Morgan fingerprint density at radius 2 is 1.93 bits per heavy atom. The summed E-state index contributed by atoms with van der Waals surface area (Å²) in [5.74, 6) is 3.39. The topological polar surface area (TPSA) is 93.2 Å². The number of hydrogen-bond acceptors (Lipinski definition) is 8. The summed E-state index contributed by atoms with van der Waals surface area (Å²) in [6, 6.07) is 4.29. The van der Waals surface area contributed by atoms with Crippen LogP contribution < -0.4 is 9.80 Å². The largest absolute Gasteiger partial charge is 0.352 e. The first kappa shape index (κ1) is 15.9. The fraction of sp³-hybridized carbons (Fsp3) is 0.412. The first-order valence-corrected chi connectivity index (χ1v) is 8.84. The smallest absolute Gasteiger partial charge is 0.178 e. The first-order chi connectivity index (χ1) is 13.0. The molecule has 0 saturated carbocycles. The summed E-state index contributed by atoms with van der Waals surface area (Å²) < 4.78 is 3.56. The van der Waals surface area contributed by atoms with Crippen molar-refractivity contribution >= 4 is 28.3 Å². The highest BCUT2D eigenvalue weighted by molar-refractivity contribution is 5.87. The lowest BCUT2D eigenvalue weighted by molar-refractivity contribution is 0.487. The minimum Gasteiger partial charge on any atom is -0.352 e. The molecule has 1 saturated heterocycles. The standard InChI is InChI=1S/C17H20N10/c1-10-19-16(13-7-18-25(4)17(13)20-10)24(3)12-8-26(9-12)15-6-5-14-22-21-11(2)27(14)23-15/h5-7,12H,8-9H2,1-4H3. The molecule has 0 amide bonds. The monoisotopic (exact) mass is 364 g/mol. The zero-order chi connectivity index (χ0) is 18.7. The predicted molar refractivity (Wildman–Crippen MR) is 101 cm³/mol. The second-order valence-corrected chi connectivity index (χ2v) is 6.98. The maximum absolute atomic E-state index is 4.67. The number of likely N-dealkylation sites (N-methyl/N-ethyl adjacent to an activating group) is 1. The van der Waals surface area contributed by atoms with Crippen molar-refractivity contribution < 1.29 is 0 Å². The summed E-state index contributed by atoms with van der Waals surface area (Å²) in [6.07, 6.45) is 1.83. The number of aryl methyl sites for hydroxylation is 3. The van der Waals surface area contributed by atoms with Crippen molar-refractivity contribution in [2.75, 3.05) is 29.9 Å². The third-order valence-corrected chi connectivity index (χ3v) is 5.16. The number of fused-ring (bicyclic) bond motifs is 2. The molecule has 0 radical (unpaired) electrons. The van der Waals surface area contributed by atoms with E-state index in [9.17, 15) is 0 Å². The highest BCUT2D eigenvalue weighted by Crippen LogP contribution is 2.28. The lowest BCUT2D eigenvalue weighted by Crippen LogP contribution is -2.59. The Balaban J connectivity index is 1.39. The normalized spacial score (nSPS) is 14.9. The number of rotatable bonds is 3. The summed E-state index contributed by atoms with van der Waals surface area (Å²) in [6.45, 7) is 5.57. The molecule has 27 heavy (non-hydrogen) atoms. The lowest BCUT2D eigenvalue weighted by atomic mass is 10.1. The number of anilines is 2. The molecule has 0 atom stereocenters. The van der Waals surface area contributed by atoms with Gasteiger partial charge in [-0.1, -0.05) is 0 Å². The van der Waals surface area contributed by atoms with E-state index < -0.39 is 0 Å². The highest BCUT2D eigenvalue weighted by Gasteiger charge is 2.33. The van der Waals surface area contributed by atoms with E-state index in [0.29, 0.717) is 6.04 Å². The minimum absolute atomic E-state index is 0.349. The lowest BCUT2D eigenvalue weighted by Gasteiger charge is -2.45. The molecular weight excluding hydrogens is 344 g/mol. The Kier molecular flexibility index (Phi) is 3.30. The van der Waals surface area contributed by atoms with Gasteiger partial charge in [-0.05, 0) is 26.0 Å². The Hall–Kier alpha value is -3.30. The van der Waals surface area contributed by atoms with Crippen molar-refractivity contribution in [3.05, 3.63) is 30.0 Å². The first-order valence-electron chi connectivity index (χ1n) is 8.84. The molecule has 0 unspecified atom stereocenters. The van der Waals surface area contributed by atoms with Gasteiger partial charge in [0.15, 0.2) is 17.1 Å². The number of aromatic nitrogens is 8. The highest BCUT2D eigenvalue weighted by atomic mass is 15.4. The summed E-state index contributed by atoms with van der Waals surface area (Å²) in [5, 5.41) is 18.1. The molecule has 10 nitrogen and oxygen atoms in total. The Morgan fingerprint density at radius 3 is 2.74 bits per heavy atom. The van der Waals surface area contributed by atoms with E-state index in [1.807, 2.05) is 39.2 Å². The van der Waals surface area contributed by atoms with E-state index in [2.05, 4.69) is 47.2 Å². The quantitative estimate of drug-likeness (QED) is 0.526. The van der Waals surface area contributed by atoms with Gasteiger partial charge in [-0.3, -0.25) is 4.68 Å². The third kappa shape index (κ3) is 2.40. The number of hydrogen-bond donors (Lipinski definition) is 0. The molecule has 1 aliphatic rings. The van der Waals surface area contributed by atoms with Gasteiger partial charge in [0.2, 0.25) is 0 Å². The van der Waals surface area contributed by atoms with Crippen LogP contribution in [0, 0.1) is 13.8 Å². The molecular formula is C17H20N10. The molecule has 0 aliphatic carbocycles. The number of nitrogens with zero attached hydrogens (tertiary/aromatic N) is 10. The van der Waals surface area contributed by atoms with Gasteiger partial charge < -0.3 is 9.80 Å². The van der Waals surface area contributed by atoms with Crippen LogP contribution in [0.5, 0.6) is 0 Å². The van der Waals surface area contributed by atoms with Gasteiger partial charge in [0.25, 0.3) is 0 Å². The van der Waals surface area contributed by atoms with Gasteiger partial charge in [-0.15, -0.1) is 15.3 Å². The molecule has 1 aliphatic heterocycles. The Labute approximate surface area is 155 Å². The molecule has 0 aromatic carbocycles. The predicted octanol–water partition coefficient (Wildman–Crippen LogP) is 0.743. The van der Waals surface area contributed by atoms with Gasteiger partial charge in [-0.2, -0.15) is 9.61 Å². The van der Waals surface area contributed by atoms with Crippen LogP contribution in [0.4, 0.5) is 11.6 Å². The summed E-state index contributed by atoms with van der Waals surface area (Å²) in [4.78, 5) is 13.6. The van der Waals surface area contributed by atoms with Crippen molar-refractivity contribution in [3.8, 4) is 0 Å². The molecule has 4 aromatic heterocycles. The van der Waals surface area contributed by atoms with Crippen molar-refractivity contribution in [2.24, 2.45) is 7.05 Å². The van der Waals surface area contributed by atoms with E-state index >= 15 is 0 Å². The Morgan fingerprint density at radius 1 is 1.11 bits per heavy atom. The molecule has 5 heterocycles. The zero-order valence-electron chi connectivity index (χ0n) is 15.7. The van der Waals surface area contributed by atoms with Crippen LogP contribution in [-0.2, 0) is 7.05 Å². The molecule has 5 rings (SSSR count). The second-order valence-electron chi connectivity index (χ2n) is 6.98. The third-order valence-electron chi connectivity index (χ3n) is 5.16. The minimum atomic E-state index is 0.349. The van der Waals surface area contributed by atoms with Gasteiger partial charge in [0, 0.05) is 27.2 Å². The SMILES string of the molecule is Cc1nc(N(C)C2CN(c3ccc4nnc(C)n4n3)C2)c2cnn(C)c2n1. The van der Waals surface area contributed by atoms with E-state index in [1.165, 1.54) is 0 Å². The van der Waals surface area contributed by atoms with Gasteiger partial charge in [0.05, 0.1) is 17.6 Å². The van der Waals surface area contributed by atoms with Gasteiger partial charge in [0.1, 0.15) is 17.5 Å². The summed E-state index contributed by atoms with van der Waals surface area (Å²) in [5.41, 5.74) is 1.62. The van der Waals surface area contributed by atoms with Crippen LogP contribution in [0.3, 0.4) is 0 Å². The van der Waals surface area contributed by atoms with E-state index in [4.69, 9.17) is 0 Å². The average molecular weight is 364 g/mol. The van der Waals surface area contributed by atoms with Crippen molar-refractivity contribution in [2.45, 2.75) is 19.9 Å². The molecule has 0 N–H and O–H groups in total. The average Bonchev–Trinajstić information content (AvgIpc) is 3.16. The molecule has 10 heteroatoms. The molecule has 1 fully saturated rings. The Bertz CT molecular complexity index is 1150. The van der Waals surface area contributed by atoms with E-state index in [0.717, 1.165) is 53.1 Å². The van der Waals surface area contributed by atoms with Crippen LogP contribution in [0.25, 0.3) is 16.7 Å². The van der Waals surface area contributed by atoms with E-state index in [1.54, 1.807) is 9.20 Å². The van der Waals surface area contributed by atoms with Crippen LogP contribution >= 0.6 is 0 Å². The molecule has 0 spiro atoms. The van der Waals surface area contributed by atoms with Gasteiger partial charge in [-0.25, -0.2) is 9.97 Å². The molecule has 4 aromatic rings. The van der Waals surface area contributed by atoms with E-state index in [-0.39, 0.29) is 0 Å². The van der Waals surface area contributed by atoms with Crippen molar-refractivity contribution in [3.63, 3.8) is 0 Å². The van der Waals surface area contributed by atoms with Crippen LogP contribution in [0.1, 0.15) is 11.6 Å². The van der Waals surface area contributed by atoms with Crippen LogP contribution in [0.15, 0.2) is 18.3 Å². The molecule has 0 bridgehead atoms. The molecule has 138 valence electrons. The van der Waals surface area contributed by atoms with Gasteiger partial charge >= 0.3 is 0 Å². The fourth-order valence-electron chi connectivity index (χ4n) is 3.50. The summed E-state index contributed by atoms with van der Waals surface area (Å²) >= 11 is 0. The maximum atomic E-state index is 4.67.